The first kappa shape index (κ1) is 28.6. The Bertz CT molecular complexity index is 1770. The molecule has 3 aromatic carbocycles. The molecule has 5 aromatic rings. The number of carbonyl (C=O) groups is 1. The number of amides is 1. The molecule has 1 aliphatic rings. The number of carbonyl (C=O) groups excluding carboxylic acids is 1. The number of rotatable bonds is 11. The van der Waals surface area contributed by atoms with Gasteiger partial charge in [0.05, 0.1) is 17.9 Å². The number of hydrogen-bond donors (Lipinski definition) is 2. The lowest BCUT2D eigenvalue weighted by Gasteiger charge is -2.28. The van der Waals surface area contributed by atoms with Crippen LogP contribution in [0.2, 0.25) is 0 Å². The first-order valence-electron chi connectivity index (χ1n) is 14.8. The van der Waals surface area contributed by atoms with Crippen LogP contribution in [0.1, 0.15) is 50.8 Å². The molecule has 0 spiro atoms. The number of nitrogens with one attached hydrogen (secondary N) is 2. The van der Waals surface area contributed by atoms with Crippen LogP contribution in [0.15, 0.2) is 101 Å². The molecular formula is C34H36N6O2S. The minimum atomic E-state index is -0.495. The van der Waals surface area contributed by atoms with Crippen LogP contribution < -0.4 is 15.4 Å². The van der Waals surface area contributed by atoms with Gasteiger partial charge < -0.3 is 19.9 Å². The molecule has 0 bridgehead atoms. The first-order valence-corrected chi connectivity index (χ1v) is 15.8. The fraction of sp³-hybridized carbons (Fsp3) is 0.265. The van der Waals surface area contributed by atoms with Crippen molar-refractivity contribution in [2.45, 2.75) is 51.4 Å². The zero-order chi connectivity index (χ0) is 29.8. The standard InChI is InChI=1S/C34H36N6O2S/c1-4-6-20-43-34-37-33-35-23(3)30(32(41)36-27-17-11-13-19-29(27)42-5-2)31(40(33)38-34)26-22-39(21-24-14-8-7-9-15-24)28-18-12-10-16-25(26)28/h7-19,22,31H,4-6,20-21H2,1-3H3,(H,36,41)(H,35,37,38). The number of ether oxygens (including phenoxy) is 1. The monoisotopic (exact) mass is 592 g/mol. The molecule has 6 rings (SSSR count). The van der Waals surface area contributed by atoms with Gasteiger partial charge in [0, 0.05) is 40.7 Å². The van der Waals surface area contributed by atoms with Crippen LogP contribution in [0, 0.1) is 0 Å². The van der Waals surface area contributed by atoms with E-state index in [9.17, 15) is 4.79 Å². The van der Waals surface area contributed by atoms with Gasteiger partial charge in [0.2, 0.25) is 11.1 Å². The second-order valence-corrected chi connectivity index (χ2v) is 11.6. The number of anilines is 2. The summed E-state index contributed by atoms with van der Waals surface area (Å²) >= 11 is 1.64. The van der Waals surface area contributed by atoms with E-state index in [1.807, 2.05) is 54.9 Å². The Hall–Kier alpha value is -4.50. The predicted octanol–water partition coefficient (Wildman–Crippen LogP) is 7.50. The normalized spacial score (nSPS) is 14.4. The van der Waals surface area contributed by atoms with Gasteiger partial charge in [-0.1, -0.05) is 85.8 Å². The van der Waals surface area contributed by atoms with E-state index in [0.717, 1.165) is 40.8 Å². The molecule has 2 N–H and O–H groups in total. The highest BCUT2D eigenvalue weighted by Gasteiger charge is 2.36. The van der Waals surface area contributed by atoms with E-state index in [0.29, 0.717) is 41.3 Å². The van der Waals surface area contributed by atoms with E-state index in [4.69, 9.17) is 14.8 Å². The Labute approximate surface area is 256 Å². The lowest BCUT2D eigenvalue weighted by atomic mass is 9.94. The van der Waals surface area contributed by atoms with Gasteiger partial charge in [-0.25, -0.2) is 4.68 Å². The minimum Gasteiger partial charge on any atom is -0.492 e. The predicted molar refractivity (Wildman–Crippen MR) is 174 cm³/mol. The number of para-hydroxylation sites is 3. The number of allylic oxidation sites excluding steroid dienone is 1. The molecule has 3 heterocycles. The Morgan fingerprint density at radius 1 is 1.02 bits per heavy atom. The van der Waals surface area contributed by atoms with E-state index in [1.165, 1.54) is 5.56 Å². The molecule has 1 aliphatic heterocycles. The van der Waals surface area contributed by atoms with Crippen LogP contribution in [0.3, 0.4) is 0 Å². The maximum absolute atomic E-state index is 14.2. The van der Waals surface area contributed by atoms with Crippen molar-refractivity contribution in [2.75, 3.05) is 23.0 Å². The molecule has 0 aliphatic carbocycles. The average Bonchev–Trinajstić information content (AvgIpc) is 3.59. The van der Waals surface area contributed by atoms with Crippen LogP contribution >= 0.6 is 11.8 Å². The SMILES string of the molecule is CCCCSc1nc2n(n1)C(c1cn(Cc3ccccc3)c3ccccc13)C(C(=O)Nc1ccccc1OCC)=C(C)N2. The highest BCUT2D eigenvalue weighted by molar-refractivity contribution is 7.99. The third-order valence-corrected chi connectivity index (χ3v) is 8.48. The van der Waals surface area contributed by atoms with Crippen LogP contribution in [0.4, 0.5) is 11.6 Å². The Balaban J connectivity index is 1.47. The number of thioether (sulfide) groups is 1. The molecule has 1 amide bonds. The summed E-state index contributed by atoms with van der Waals surface area (Å²) in [5.74, 6) is 1.98. The molecular weight excluding hydrogens is 556 g/mol. The van der Waals surface area contributed by atoms with Crippen molar-refractivity contribution in [3.8, 4) is 5.75 Å². The van der Waals surface area contributed by atoms with Crippen LogP contribution in [0.25, 0.3) is 10.9 Å². The number of aromatic nitrogens is 4. The summed E-state index contributed by atoms with van der Waals surface area (Å²) in [6, 6.07) is 25.8. The topological polar surface area (TPSA) is 86.0 Å². The van der Waals surface area contributed by atoms with Gasteiger partial charge in [-0.2, -0.15) is 4.98 Å². The van der Waals surface area contributed by atoms with Crippen molar-refractivity contribution < 1.29 is 9.53 Å². The molecule has 0 saturated carbocycles. The van der Waals surface area contributed by atoms with Gasteiger partial charge in [-0.3, -0.25) is 4.79 Å². The van der Waals surface area contributed by atoms with Crippen LogP contribution in [-0.2, 0) is 11.3 Å². The summed E-state index contributed by atoms with van der Waals surface area (Å²) in [5, 5.41) is 13.2. The van der Waals surface area contributed by atoms with E-state index in [2.05, 4.69) is 70.8 Å². The first-order chi connectivity index (χ1) is 21.1. The Kier molecular flexibility index (Phi) is 8.51. The van der Waals surface area contributed by atoms with Gasteiger partial charge in [-0.05, 0) is 44.0 Å². The van der Waals surface area contributed by atoms with Crippen molar-refractivity contribution >= 4 is 40.2 Å². The zero-order valence-electron chi connectivity index (χ0n) is 24.7. The van der Waals surface area contributed by atoms with E-state index < -0.39 is 6.04 Å². The molecule has 1 unspecified atom stereocenters. The number of nitrogens with zero attached hydrogens (tertiary/aromatic N) is 4. The minimum absolute atomic E-state index is 0.219. The molecule has 2 aromatic heterocycles. The smallest absolute Gasteiger partial charge is 0.255 e. The quantitative estimate of drug-likeness (QED) is 0.122. The molecule has 9 heteroatoms. The highest BCUT2D eigenvalue weighted by Crippen LogP contribution is 2.41. The van der Waals surface area contributed by atoms with E-state index in [-0.39, 0.29) is 5.91 Å². The van der Waals surface area contributed by atoms with Gasteiger partial charge >= 0.3 is 0 Å². The van der Waals surface area contributed by atoms with E-state index >= 15 is 0 Å². The Morgan fingerprint density at radius 3 is 2.60 bits per heavy atom. The number of fused-ring (bicyclic) bond motifs is 2. The van der Waals surface area contributed by atoms with Crippen molar-refractivity contribution in [3.63, 3.8) is 0 Å². The summed E-state index contributed by atoms with van der Waals surface area (Å²) in [7, 11) is 0. The van der Waals surface area contributed by atoms with Crippen molar-refractivity contribution in [3.05, 3.63) is 107 Å². The number of benzene rings is 3. The molecule has 0 fully saturated rings. The second kappa shape index (κ2) is 12.8. The van der Waals surface area contributed by atoms with E-state index in [1.54, 1.807) is 11.8 Å². The second-order valence-electron chi connectivity index (χ2n) is 10.5. The summed E-state index contributed by atoms with van der Waals surface area (Å²) in [5.41, 5.74) is 5.23. The average molecular weight is 593 g/mol. The lowest BCUT2D eigenvalue weighted by molar-refractivity contribution is -0.113. The maximum atomic E-state index is 14.2. The van der Waals surface area contributed by atoms with Crippen molar-refractivity contribution in [1.29, 1.82) is 0 Å². The summed E-state index contributed by atoms with van der Waals surface area (Å²) < 4.78 is 9.94. The fourth-order valence-corrected chi connectivity index (χ4v) is 6.44. The molecule has 0 saturated heterocycles. The molecule has 220 valence electrons. The summed E-state index contributed by atoms with van der Waals surface area (Å²) in [6.07, 6.45) is 4.36. The Morgan fingerprint density at radius 2 is 1.79 bits per heavy atom. The zero-order valence-corrected chi connectivity index (χ0v) is 25.5. The summed E-state index contributed by atoms with van der Waals surface area (Å²) in [4.78, 5) is 19.1. The lowest BCUT2D eigenvalue weighted by Crippen LogP contribution is -2.31. The van der Waals surface area contributed by atoms with Crippen LogP contribution in [0.5, 0.6) is 5.75 Å². The van der Waals surface area contributed by atoms with Crippen molar-refractivity contribution in [2.24, 2.45) is 0 Å². The summed E-state index contributed by atoms with van der Waals surface area (Å²) in [6.45, 7) is 7.25. The number of hydrogen-bond acceptors (Lipinski definition) is 6. The molecule has 8 nitrogen and oxygen atoms in total. The third-order valence-electron chi connectivity index (χ3n) is 7.55. The maximum Gasteiger partial charge on any atom is 0.255 e. The van der Waals surface area contributed by atoms with Crippen LogP contribution in [-0.4, -0.2) is 37.6 Å². The van der Waals surface area contributed by atoms with Gasteiger partial charge in [-0.15, -0.1) is 5.10 Å². The van der Waals surface area contributed by atoms with Gasteiger partial charge in [0.25, 0.3) is 5.91 Å². The van der Waals surface area contributed by atoms with Gasteiger partial charge in [0.1, 0.15) is 11.8 Å². The largest absolute Gasteiger partial charge is 0.492 e. The molecule has 43 heavy (non-hydrogen) atoms. The molecule has 1 atom stereocenters. The highest BCUT2D eigenvalue weighted by atomic mass is 32.2. The third kappa shape index (κ3) is 5.90. The van der Waals surface area contributed by atoms with Crippen molar-refractivity contribution in [1.82, 2.24) is 19.3 Å². The molecule has 0 radical (unpaired) electrons. The fourth-order valence-electron chi connectivity index (χ4n) is 5.53. The number of unbranched alkanes of at least 4 members (excludes halogenated alkanes) is 1. The van der Waals surface area contributed by atoms with Gasteiger partial charge in [0.15, 0.2) is 0 Å².